The second-order valence-corrected chi connectivity index (χ2v) is 7.13. The molecule has 5 nitrogen and oxygen atoms in total. The van der Waals surface area contributed by atoms with Crippen LogP contribution in [0.1, 0.15) is 30.9 Å². The third-order valence-electron chi connectivity index (χ3n) is 4.00. The van der Waals surface area contributed by atoms with Gasteiger partial charge in [-0.05, 0) is 17.9 Å². The number of aliphatic carboxylic acids is 1. The fourth-order valence-electron chi connectivity index (χ4n) is 2.59. The van der Waals surface area contributed by atoms with Crippen LogP contribution in [0.3, 0.4) is 0 Å². The number of benzene rings is 1. The Labute approximate surface area is 138 Å². The fraction of sp³-hybridized carbons (Fsp3) is 0.533. The van der Waals surface area contributed by atoms with Crippen LogP contribution in [0.4, 0.5) is 13.2 Å². The Balaban J connectivity index is 2.29. The number of rotatable bonds is 8. The van der Waals surface area contributed by atoms with E-state index in [4.69, 9.17) is 0 Å². The van der Waals surface area contributed by atoms with E-state index in [1.165, 1.54) is 30.3 Å². The van der Waals surface area contributed by atoms with Gasteiger partial charge in [-0.25, -0.2) is 8.42 Å². The normalized spacial score (nSPS) is 19.0. The number of carboxylic acids is 1. The summed E-state index contributed by atoms with van der Waals surface area (Å²) in [7, 11) is -3.17. The second-order valence-electron chi connectivity index (χ2n) is 5.90. The summed E-state index contributed by atoms with van der Waals surface area (Å²) >= 11 is 0. The van der Waals surface area contributed by atoms with Gasteiger partial charge in [-0.2, -0.15) is 13.2 Å². The Kier molecular flexibility index (Phi) is 5.87. The summed E-state index contributed by atoms with van der Waals surface area (Å²) in [5.74, 6) is -1.54. The monoisotopic (exact) mass is 365 g/mol. The van der Waals surface area contributed by atoms with Gasteiger partial charge in [-0.1, -0.05) is 43.2 Å². The van der Waals surface area contributed by atoms with Gasteiger partial charge in [0.1, 0.15) is 22.8 Å². The molecule has 1 aliphatic carbocycles. The lowest BCUT2D eigenvalue weighted by atomic mass is 10.0. The molecular weight excluding hydrogens is 347 g/mol. The topological polar surface area (TPSA) is 83.5 Å². The lowest BCUT2D eigenvalue weighted by Crippen LogP contribution is -2.51. The van der Waals surface area contributed by atoms with Crippen molar-refractivity contribution < 1.29 is 31.5 Å². The van der Waals surface area contributed by atoms with E-state index in [-0.39, 0.29) is 17.9 Å². The van der Waals surface area contributed by atoms with Crippen molar-refractivity contribution in [2.75, 3.05) is 0 Å². The zero-order valence-corrected chi connectivity index (χ0v) is 13.5. The van der Waals surface area contributed by atoms with Crippen molar-refractivity contribution in [2.24, 2.45) is 5.92 Å². The summed E-state index contributed by atoms with van der Waals surface area (Å²) in [5.41, 5.74) is -0.164. The van der Waals surface area contributed by atoms with E-state index in [0.717, 1.165) is 12.8 Å². The molecule has 0 aromatic heterocycles. The SMILES string of the molecule is O=C(O)C(N[C@@H](c1ccccc1)C(F)(F)F)C(CC1CC1)[SH](=O)=O. The van der Waals surface area contributed by atoms with Gasteiger partial charge in [-0.3, -0.25) is 10.1 Å². The molecule has 1 aromatic carbocycles. The van der Waals surface area contributed by atoms with Crippen LogP contribution in [-0.4, -0.2) is 37.0 Å². The second kappa shape index (κ2) is 7.52. The number of alkyl halides is 3. The molecule has 2 rings (SSSR count). The van der Waals surface area contributed by atoms with Crippen LogP contribution in [0.5, 0.6) is 0 Å². The van der Waals surface area contributed by atoms with Gasteiger partial charge in [0.15, 0.2) is 0 Å². The quantitative estimate of drug-likeness (QED) is 0.615. The fourth-order valence-corrected chi connectivity index (χ4v) is 3.52. The summed E-state index contributed by atoms with van der Waals surface area (Å²) < 4.78 is 62.9. The summed E-state index contributed by atoms with van der Waals surface area (Å²) in [6.07, 6.45) is -3.16. The largest absolute Gasteiger partial charge is 0.480 e. The first kappa shape index (κ1) is 18.7. The molecule has 0 spiro atoms. The molecule has 1 fully saturated rings. The standard InChI is InChI=1S/C15H18F3NO4S/c16-15(17,18)13(10-4-2-1-3-5-10)19-12(14(20)21)11(24(22)23)8-9-6-7-9/h1-5,9,11-13,19,24H,6-8H2,(H,20,21)/t11?,12?,13-/m0/s1. The highest BCUT2D eigenvalue weighted by molar-refractivity contribution is 7.73. The highest BCUT2D eigenvalue weighted by Gasteiger charge is 2.45. The molecule has 0 heterocycles. The van der Waals surface area contributed by atoms with Gasteiger partial charge in [-0.15, -0.1) is 0 Å². The van der Waals surface area contributed by atoms with E-state index in [2.05, 4.69) is 0 Å². The third kappa shape index (κ3) is 4.94. The molecule has 0 aliphatic heterocycles. The van der Waals surface area contributed by atoms with Crippen molar-refractivity contribution in [3.05, 3.63) is 35.9 Å². The van der Waals surface area contributed by atoms with Crippen LogP contribution in [0.25, 0.3) is 0 Å². The van der Waals surface area contributed by atoms with E-state index < -0.39 is 40.2 Å². The van der Waals surface area contributed by atoms with Crippen molar-refractivity contribution in [3.8, 4) is 0 Å². The minimum absolute atomic E-state index is 0.0576. The highest BCUT2D eigenvalue weighted by Crippen LogP contribution is 2.37. The summed E-state index contributed by atoms with van der Waals surface area (Å²) in [6.45, 7) is 0. The van der Waals surface area contributed by atoms with Crippen molar-refractivity contribution in [1.82, 2.24) is 5.32 Å². The van der Waals surface area contributed by atoms with E-state index >= 15 is 0 Å². The van der Waals surface area contributed by atoms with Gasteiger partial charge in [0.25, 0.3) is 0 Å². The first-order valence-corrected chi connectivity index (χ1v) is 8.69. The zero-order chi connectivity index (χ0) is 17.9. The predicted octanol–water partition coefficient (Wildman–Crippen LogP) is 2.11. The summed E-state index contributed by atoms with van der Waals surface area (Å²) in [4.78, 5) is 11.4. The van der Waals surface area contributed by atoms with Crippen LogP contribution < -0.4 is 5.32 Å². The number of hydrogen-bond acceptors (Lipinski definition) is 4. The Morgan fingerprint density at radius 2 is 1.83 bits per heavy atom. The molecule has 9 heteroatoms. The molecular formula is C15H18F3NO4S. The van der Waals surface area contributed by atoms with Crippen molar-refractivity contribution in [1.29, 1.82) is 0 Å². The molecule has 1 saturated carbocycles. The highest BCUT2D eigenvalue weighted by atomic mass is 32.2. The molecule has 2 N–H and O–H groups in total. The maximum atomic E-state index is 13.4. The smallest absolute Gasteiger partial charge is 0.407 e. The third-order valence-corrected chi connectivity index (χ3v) is 5.05. The van der Waals surface area contributed by atoms with E-state index in [0.29, 0.717) is 0 Å². The number of hydrogen-bond donors (Lipinski definition) is 3. The van der Waals surface area contributed by atoms with Crippen LogP contribution >= 0.6 is 0 Å². The minimum atomic E-state index is -4.76. The molecule has 2 unspecified atom stereocenters. The van der Waals surface area contributed by atoms with Crippen molar-refractivity contribution in [3.63, 3.8) is 0 Å². The molecule has 0 bridgehead atoms. The minimum Gasteiger partial charge on any atom is -0.480 e. The number of carbonyl (C=O) groups is 1. The average molecular weight is 365 g/mol. The van der Waals surface area contributed by atoms with Crippen LogP contribution in [-0.2, 0) is 15.5 Å². The maximum Gasteiger partial charge on any atom is 0.407 e. The van der Waals surface area contributed by atoms with Crippen LogP contribution in [0.15, 0.2) is 30.3 Å². The van der Waals surface area contributed by atoms with Crippen LogP contribution in [0, 0.1) is 5.92 Å². The van der Waals surface area contributed by atoms with E-state index in [1.54, 1.807) is 0 Å². The van der Waals surface area contributed by atoms with Crippen molar-refractivity contribution >= 4 is 16.7 Å². The molecule has 0 saturated heterocycles. The Morgan fingerprint density at radius 1 is 1.25 bits per heavy atom. The Bertz CT molecular complexity index is 636. The lowest BCUT2D eigenvalue weighted by molar-refractivity contribution is -0.163. The number of carboxylic acid groups (broad SMARTS) is 1. The van der Waals surface area contributed by atoms with Gasteiger partial charge >= 0.3 is 12.1 Å². The van der Waals surface area contributed by atoms with Gasteiger partial charge in [0.2, 0.25) is 0 Å². The summed E-state index contributed by atoms with van der Waals surface area (Å²) in [6, 6.07) is 2.71. The molecule has 0 amide bonds. The predicted molar refractivity (Wildman–Crippen MR) is 81.2 cm³/mol. The Morgan fingerprint density at radius 3 is 2.25 bits per heavy atom. The van der Waals surface area contributed by atoms with Gasteiger partial charge < -0.3 is 5.11 Å². The molecule has 134 valence electrons. The number of thiol groups is 1. The van der Waals surface area contributed by atoms with Gasteiger partial charge in [0, 0.05) is 0 Å². The number of halogens is 3. The number of nitrogens with one attached hydrogen (secondary N) is 1. The van der Waals surface area contributed by atoms with E-state index in [1.807, 2.05) is 5.32 Å². The van der Waals surface area contributed by atoms with Gasteiger partial charge in [0.05, 0.1) is 5.25 Å². The molecule has 3 atom stereocenters. The van der Waals surface area contributed by atoms with E-state index in [9.17, 15) is 31.5 Å². The van der Waals surface area contributed by atoms with Crippen molar-refractivity contribution in [2.45, 2.75) is 42.8 Å². The molecule has 24 heavy (non-hydrogen) atoms. The molecule has 0 radical (unpaired) electrons. The average Bonchev–Trinajstić information content (AvgIpc) is 3.29. The summed E-state index contributed by atoms with van der Waals surface area (Å²) in [5, 5.41) is 9.93. The Hall–Kier alpha value is -1.61. The maximum absolute atomic E-state index is 13.4. The zero-order valence-electron chi connectivity index (χ0n) is 12.6. The first-order chi connectivity index (χ1) is 11.2. The van der Waals surface area contributed by atoms with Crippen LogP contribution in [0.2, 0.25) is 0 Å². The molecule has 1 aromatic rings. The molecule has 1 aliphatic rings. The first-order valence-electron chi connectivity index (χ1n) is 7.44. The lowest BCUT2D eigenvalue weighted by Gasteiger charge is -2.28.